The van der Waals surface area contributed by atoms with E-state index in [1.807, 2.05) is 37.4 Å². The third kappa shape index (κ3) is 2.75. The fraction of sp³-hybridized carbons (Fsp3) is 0.438. The van der Waals surface area contributed by atoms with Gasteiger partial charge in [0.1, 0.15) is 6.07 Å². The molecular formula is C16H19N5. The topological polar surface area (TPSA) is 57.7 Å². The van der Waals surface area contributed by atoms with Crippen molar-refractivity contribution in [3.05, 3.63) is 36.0 Å². The van der Waals surface area contributed by atoms with Crippen LogP contribution in [-0.4, -0.2) is 28.1 Å². The summed E-state index contributed by atoms with van der Waals surface area (Å²) in [6.45, 7) is 0. The summed E-state index contributed by atoms with van der Waals surface area (Å²) in [7, 11) is 2.02. The van der Waals surface area contributed by atoms with E-state index >= 15 is 0 Å². The van der Waals surface area contributed by atoms with Crippen LogP contribution in [0.4, 0.5) is 5.82 Å². The number of benzene rings is 1. The first-order chi connectivity index (χ1) is 10.3. The standard InChI is InChI=1S/C16H19N5/c1-20(13-8-4-2-5-9-13)16-15(12-17)18-21(19-16)14-10-6-3-7-11-14/h3,6-7,10-11,13H,2,4-5,8-9H2,1H3. The summed E-state index contributed by atoms with van der Waals surface area (Å²) in [4.78, 5) is 3.68. The zero-order valence-electron chi connectivity index (χ0n) is 12.2. The first kappa shape index (κ1) is 13.6. The van der Waals surface area contributed by atoms with Crippen LogP contribution >= 0.6 is 0 Å². The van der Waals surface area contributed by atoms with Gasteiger partial charge in [0.05, 0.1) is 5.69 Å². The van der Waals surface area contributed by atoms with Gasteiger partial charge >= 0.3 is 0 Å². The molecule has 1 aromatic heterocycles. The highest BCUT2D eigenvalue weighted by molar-refractivity contribution is 5.50. The van der Waals surface area contributed by atoms with Gasteiger partial charge in [0.2, 0.25) is 5.69 Å². The summed E-state index contributed by atoms with van der Waals surface area (Å²) in [5, 5.41) is 18.2. The molecular weight excluding hydrogens is 262 g/mol. The van der Waals surface area contributed by atoms with Crippen LogP contribution in [0, 0.1) is 11.3 Å². The van der Waals surface area contributed by atoms with E-state index in [0.717, 1.165) is 5.69 Å². The minimum absolute atomic E-state index is 0.395. The van der Waals surface area contributed by atoms with Gasteiger partial charge in [0.15, 0.2) is 5.82 Å². The Morgan fingerprint density at radius 3 is 2.52 bits per heavy atom. The number of rotatable bonds is 3. The number of para-hydroxylation sites is 1. The van der Waals surface area contributed by atoms with Crippen molar-refractivity contribution in [2.75, 3.05) is 11.9 Å². The number of aromatic nitrogens is 3. The highest BCUT2D eigenvalue weighted by Gasteiger charge is 2.24. The lowest BCUT2D eigenvalue weighted by Gasteiger charge is -2.31. The van der Waals surface area contributed by atoms with Crippen molar-refractivity contribution in [2.24, 2.45) is 0 Å². The molecule has 108 valence electrons. The quantitative estimate of drug-likeness (QED) is 0.868. The predicted octanol–water partition coefficient (Wildman–Crippen LogP) is 2.91. The van der Waals surface area contributed by atoms with Crippen LogP contribution in [0.1, 0.15) is 37.8 Å². The van der Waals surface area contributed by atoms with Crippen LogP contribution in [0.2, 0.25) is 0 Å². The van der Waals surface area contributed by atoms with E-state index in [4.69, 9.17) is 0 Å². The summed E-state index contributed by atoms with van der Waals surface area (Å²) in [6.07, 6.45) is 6.15. The molecule has 1 aliphatic rings. The third-order valence-corrected chi connectivity index (χ3v) is 4.15. The molecule has 0 bridgehead atoms. The third-order valence-electron chi connectivity index (χ3n) is 4.15. The number of nitrogens with zero attached hydrogens (tertiary/aromatic N) is 5. The molecule has 5 heteroatoms. The molecule has 0 radical (unpaired) electrons. The molecule has 5 nitrogen and oxygen atoms in total. The number of hydrogen-bond donors (Lipinski definition) is 0. The Labute approximate surface area is 124 Å². The van der Waals surface area contributed by atoms with Crippen molar-refractivity contribution in [2.45, 2.75) is 38.1 Å². The maximum atomic E-state index is 9.33. The molecule has 2 aromatic rings. The van der Waals surface area contributed by atoms with Gasteiger partial charge in [0.25, 0.3) is 0 Å². The van der Waals surface area contributed by atoms with E-state index < -0.39 is 0 Å². The zero-order valence-corrected chi connectivity index (χ0v) is 12.2. The second-order valence-electron chi connectivity index (χ2n) is 5.51. The number of nitriles is 1. The van der Waals surface area contributed by atoms with Crippen molar-refractivity contribution in [3.8, 4) is 11.8 Å². The van der Waals surface area contributed by atoms with Crippen LogP contribution < -0.4 is 4.90 Å². The van der Waals surface area contributed by atoms with Crippen molar-refractivity contribution < 1.29 is 0 Å². The largest absolute Gasteiger partial charge is 0.353 e. The first-order valence-corrected chi connectivity index (χ1v) is 7.45. The van der Waals surface area contributed by atoms with Gasteiger partial charge in [-0.15, -0.1) is 15.0 Å². The molecule has 0 atom stereocenters. The van der Waals surface area contributed by atoms with Crippen molar-refractivity contribution in [3.63, 3.8) is 0 Å². The van der Waals surface area contributed by atoms with Crippen LogP contribution in [0.15, 0.2) is 30.3 Å². The molecule has 0 amide bonds. The average Bonchev–Trinajstić information content (AvgIpc) is 3.00. The Morgan fingerprint density at radius 2 is 1.86 bits per heavy atom. The zero-order chi connectivity index (χ0) is 14.7. The van der Waals surface area contributed by atoms with Crippen LogP contribution in [0.5, 0.6) is 0 Å². The molecule has 1 heterocycles. The van der Waals surface area contributed by atoms with Gasteiger partial charge in [-0.25, -0.2) is 0 Å². The minimum Gasteiger partial charge on any atom is -0.353 e. The molecule has 1 saturated carbocycles. The molecule has 0 unspecified atom stereocenters. The monoisotopic (exact) mass is 281 g/mol. The van der Waals surface area contributed by atoms with Gasteiger partial charge in [-0.3, -0.25) is 0 Å². The maximum Gasteiger partial charge on any atom is 0.207 e. The molecule has 1 aromatic carbocycles. The summed E-state index contributed by atoms with van der Waals surface area (Å²) < 4.78 is 0. The van der Waals surface area contributed by atoms with Gasteiger partial charge in [-0.1, -0.05) is 37.5 Å². The Bertz CT molecular complexity index is 634. The summed E-state index contributed by atoms with van der Waals surface area (Å²) in [5.74, 6) is 0.688. The second kappa shape index (κ2) is 5.96. The summed E-state index contributed by atoms with van der Waals surface area (Å²) in [5.41, 5.74) is 1.27. The van der Waals surface area contributed by atoms with Crippen molar-refractivity contribution >= 4 is 5.82 Å². The van der Waals surface area contributed by atoms with Crippen molar-refractivity contribution in [1.82, 2.24) is 15.0 Å². The van der Waals surface area contributed by atoms with E-state index in [-0.39, 0.29) is 0 Å². The highest BCUT2D eigenvalue weighted by atomic mass is 15.5. The normalized spacial score (nSPS) is 15.6. The van der Waals surface area contributed by atoms with Crippen LogP contribution in [0.3, 0.4) is 0 Å². The summed E-state index contributed by atoms with van der Waals surface area (Å²) >= 11 is 0. The molecule has 21 heavy (non-hydrogen) atoms. The number of anilines is 1. The molecule has 0 saturated heterocycles. The SMILES string of the molecule is CN(c1nn(-c2ccccc2)nc1C#N)C1CCCCC1. The minimum atomic E-state index is 0.395. The second-order valence-corrected chi connectivity index (χ2v) is 5.51. The molecule has 1 fully saturated rings. The Kier molecular flexibility index (Phi) is 3.87. The Balaban J connectivity index is 1.91. The molecule has 0 spiro atoms. The van der Waals surface area contributed by atoms with Crippen LogP contribution in [-0.2, 0) is 0 Å². The van der Waals surface area contributed by atoms with Gasteiger partial charge < -0.3 is 4.90 Å². The van der Waals surface area contributed by atoms with Crippen LogP contribution in [0.25, 0.3) is 5.69 Å². The van der Waals surface area contributed by atoms with E-state index in [1.54, 1.807) is 4.80 Å². The van der Waals surface area contributed by atoms with Gasteiger partial charge in [-0.2, -0.15) is 5.26 Å². The fourth-order valence-corrected chi connectivity index (χ4v) is 2.93. The predicted molar refractivity (Wildman–Crippen MR) is 81.4 cm³/mol. The smallest absolute Gasteiger partial charge is 0.207 e. The summed E-state index contributed by atoms with van der Waals surface area (Å²) in [6, 6.07) is 12.3. The lowest BCUT2D eigenvalue weighted by atomic mass is 9.94. The fourth-order valence-electron chi connectivity index (χ4n) is 2.93. The van der Waals surface area contributed by atoms with E-state index in [2.05, 4.69) is 21.2 Å². The molecule has 0 N–H and O–H groups in total. The maximum absolute atomic E-state index is 9.33. The van der Waals surface area contributed by atoms with Gasteiger partial charge in [0, 0.05) is 13.1 Å². The van der Waals surface area contributed by atoms with E-state index in [0.29, 0.717) is 17.6 Å². The Morgan fingerprint density at radius 1 is 1.14 bits per heavy atom. The first-order valence-electron chi connectivity index (χ1n) is 7.45. The number of hydrogen-bond acceptors (Lipinski definition) is 4. The lowest BCUT2D eigenvalue weighted by molar-refractivity contribution is 0.425. The van der Waals surface area contributed by atoms with Crippen molar-refractivity contribution in [1.29, 1.82) is 5.26 Å². The van der Waals surface area contributed by atoms with Gasteiger partial charge in [-0.05, 0) is 25.0 Å². The average molecular weight is 281 g/mol. The van der Waals surface area contributed by atoms with E-state index in [1.165, 1.54) is 32.1 Å². The molecule has 1 aliphatic carbocycles. The Hall–Kier alpha value is -2.35. The molecule has 3 rings (SSSR count). The highest BCUT2D eigenvalue weighted by Crippen LogP contribution is 2.26. The van der Waals surface area contributed by atoms with E-state index in [9.17, 15) is 5.26 Å². The molecule has 0 aliphatic heterocycles. The lowest BCUT2D eigenvalue weighted by Crippen LogP contribution is -2.34.